The molecule has 0 spiro atoms. The van der Waals surface area contributed by atoms with E-state index in [2.05, 4.69) is 11.8 Å². The van der Waals surface area contributed by atoms with Crippen LogP contribution >= 0.6 is 23.2 Å². The average molecular weight is 259 g/mol. The number of halogens is 2. The van der Waals surface area contributed by atoms with E-state index in [0.717, 1.165) is 31.9 Å². The Balaban J connectivity index is 2.15. The van der Waals surface area contributed by atoms with Crippen LogP contribution in [0.25, 0.3) is 0 Å². The second kappa shape index (κ2) is 5.37. The molecule has 87 valence electrons. The van der Waals surface area contributed by atoms with Crippen molar-refractivity contribution in [2.24, 2.45) is 0 Å². The first kappa shape index (κ1) is 12.2. The minimum Gasteiger partial charge on any atom is -0.379 e. The topological polar surface area (TPSA) is 12.5 Å². The standard InChI is InChI=1S/C12H14Cl2NO/c1-9(15-4-6-16-7-5-15)11-3-2-10(13)8-12(11)14/h2-3,8-9H,1,4-7H2. The minimum absolute atomic E-state index is 0.0636. The molecule has 1 radical (unpaired) electrons. The predicted molar refractivity (Wildman–Crippen MR) is 67.0 cm³/mol. The summed E-state index contributed by atoms with van der Waals surface area (Å²) in [5.74, 6) is 0. The number of morpholine rings is 1. The van der Waals surface area contributed by atoms with Gasteiger partial charge in [0.1, 0.15) is 0 Å². The molecule has 1 aliphatic heterocycles. The number of benzene rings is 1. The van der Waals surface area contributed by atoms with Crippen molar-refractivity contribution in [3.63, 3.8) is 0 Å². The van der Waals surface area contributed by atoms with Gasteiger partial charge in [-0.2, -0.15) is 0 Å². The molecule has 0 N–H and O–H groups in total. The summed E-state index contributed by atoms with van der Waals surface area (Å²) in [6.07, 6.45) is 0. The molecule has 1 atom stereocenters. The quantitative estimate of drug-likeness (QED) is 0.808. The van der Waals surface area contributed by atoms with Gasteiger partial charge in [0.25, 0.3) is 0 Å². The number of ether oxygens (including phenoxy) is 1. The van der Waals surface area contributed by atoms with E-state index < -0.39 is 0 Å². The molecule has 1 aliphatic rings. The Labute approximate surface area is 106 Å². The molecular formula is C12H14Cl2NO. The van der Waals surface area contributed by atoms with E-state index >= 15 is 0 Å². The highest BCUT2D eigenvalue weighted by Gasteiger charge is 2.20. The highest BCUT2D eigenvalue weighted by Crippen LogP contribution is 2.29. The fraction of sp³-hybridized carbons (Fsp3) is 0.417. The summed E-state index contributed by atoms with van der Waals surface area (Å²) in [6, 6.07) is 5.62. The van der Waals surface area contributed by atoms with Crippen LogP contribution in [-0.2, 0) is 4.74 Å². The molecule has 1 saturated heterocycles. The summed E-state index contributed by atoms with van der Waals surface area (Å²) < 4.78 is 5.31. The summed E-state index contributed by atoms with van der Waals surface area (Å²) in [7, 11) is 0. The lowest BCUT2D eigenvalue weighted by Crippen LogP contribution is -2.38. The summed E-state index contributed by atoms with van der Waals surface area (Å²) in [5.41, 5.74) is 1.02. The van der Waals surface area contributed by atoms with E-state index in [1.807, 2.05) is 12.1 Å². The molecular weight excluding hydrogens is 245 g/mol. The Bertz CT molecular complexity index is 364. The van der Waals surface area contributed by atoms with Crippen LogP contribution in [0.5, 0.6) is 0 Å². The van der Waals surface area contributed by atoms with Gasteiger partial charge in [-0.05, 0) is 24.6 Å². The molecule has 16 heavy (non-hydrogen) atoms. The summed E-state index contributed by atoms with van der Waals surface area (Å²) >= 11 is 12.0. The molecule has 1 fully saturated rings. The monoisotopic (exact) mass is 258 g/mol. The normalized spacial score (nSPS) is 19.7. The zero-order valence-corrected chi connectivity index (χ0v) is 10.5. The Morgan fingerprint density at radius 1 is 1.25 bits per heavy atom. The summed E-state index contributed by atoms with van der Waals surface area (Å²) in [6.45, 7) is 7.48. The molecule has 2 rings (SSSR count). The molecule has 2 nitrogen and oxygen atoms in total. The molecule has 0 bridgehead atoms. The van der Waals surface area contributed by atoms with Gasteiger partial charge >= 0.3 is 0 Å². The van der Waals surface area contributed by atoms with Crippen molar-refractivity contribution in [3.05, 3.63) is 40.7 Å². The number of rotatable bonds is 2. The van der Waals surface area contributed by atoms with Gasteiger partial charge in [-0.15, -0.1) is 0 Å². The number of nitrogens with zero attached hydrogens (tertiary/aromatic N) is 1. The van der Waals surface area contributed by atoms with Gasteiger partial charge in [-0.25, -0.2) is 0 Å². The maximum Gasteiger partial charge on any atom is 0.0594 e. The third-order valence-electron chi connectivity index (χ3n) is 2.81. The van der Waals surface area contributed by atoms with E-state index in [-0.39, 0.29) is 6.04 Å². The zero-order chi connectivity index (χ0) is 11.5. The van der Waals surface area contributed by atoms with Crippen molar-refractivity contribution in [1.82, 2.24) is 4.90 Å². The molecule has 1 aromatic rings. The van der Waals surface area contributed by atoms with E-state index in [4.69, 9.17) is 27.9 Å². The lowest BCUT2D eigenvalue weighted by atomic mass is 10.1. The van der Waals surface area contributed by atoms with Crippen LogP contribution in [0.4, 0.5) is 0 Å². The van der Waals surface area contributed by atoms with Crippen LogP contribution in [-0.4, -0.2) is 31.2 Å². The van der Waals surface area contributed by atoms with Crippen LogP contribution in [0.15, 0.2) is 18.2 Å². The fourth-order valence-electron chi connectivity index (χ4n) is 1.86. The largest absolute Gasteiger partial charge is 0.379 e. The fourth-order valence-corrected chi connectivity index (χ4v) is 2.39. The van der Waals surface area contributed by atoms with Crippen molar-refractivity contribution >= 4 is 23.2 Å². The Morgan fingerprint density at radius 2 is 1.94 bits per heavy atom. The third kappa shape index (κ3) is 2.69. The zero-order valence-electron chi connectivity index (χ0n) is 8.96. The van der Waals surface area contributed by atoms with Crippen molar-refractivity contribution < 1.29 is 4.74 Å². The first-order chi connectivity index (χ1) is 7.68. The first-order valence-electron chi connectivity index (χ1n) is 5.28. The molecule has 4 heteroatoms. The van der Waals surface area contributed by atoms with Gasteiger partial charge in [0.2, 0.25) is 0 Å². The highest BCUT2D eigenvalue weighted by molar-refractivity contribution is 6.35. The van der Waals surface area contributed by atoms with Gasteiger partial charge in [0.05, 0.1) is 13.2 Å². The highest BCUT2D eigenvalue weighted by atomic mass is 35.5. The van der Waals surface area contributed by atoms with Crippen molar-refractivity contribution in [2.45, 2.75) is 6.04 Å². The van der Waals surface area contributed by atoms with Gasteiger partial charge in [0, 0.05) is 29.2 Å². The van der Waals surface area contributed by atoms with Crippen molar-refractivity contribution in [3.8, 4) is 0 Å². The molecule has 1 aromatic carbocycles. The van der Waals surface area contributed by atoms with Crippen LogP contribution in [0, 0.1) is 6.92 Å². The maximum absolute atomic E-state index is 6.16. The second-order valence-electron chi connectivity index (χ2n) is 3.83. The smallest absolute Gasteiger partial charge is 0.0594 e. The lowest BCUT2D eigenvalue weighted by molar-refractivity contribution is 0.0248. The molecule has 0 amide bonds. The molecule has 0 saturated carbocycles. The number of hydrogen-bond acceptors (Lipinski definition) is 2. The van der Waals surface area contributed by atoms with Crippen molar-refractivity contribution in [2.75, 3.05) is 26.3 Å². The van der Waals surface area contributed by atoms with Crippen LogP contribution in [0.1, 0.15) is 11.6 Å². The second-order valence-corrected chi connectivity index (χ2v) is 4.67. The van der Waals surface area contributed by atoms with Crippen LogP contribution < -0.4 is 0 Å². The molecule has 0 aromatic heterocycles. The van der Waals surface area contributed by atoms with E-state index in [9.17, 15) is 0 Å². The molecule has 0 aliphatic carbocycles. The van der Waals surface area contributed by atoms with E-state index in [0.29, 0.717) is 10.0 Å². The van der Waals surface area contributed by atoms with Crippen molar-refractivity contribution in [1.29, 1.82) is 0 Å². The van der Waals surface area contributed by atoms with E-state index in [1.54, 1.807) is 6.07 Å². The summed E-state index contributed by atoms with van der Waals surface area (Å²) in [4.78, 5) is 2.26. The Kier molecular flexibility index (Phi) is 4.09. The third-order valence-corrected chi connectivity index (χ3v) is 3.37. The average Bonchev–Trinajstić information content (AvgIpc) is 2.29. The maximum atomic E-state index is 6.16. The van der Waals surface area contributed by atoms with Crippen LogP contribution in [0.2, 0.25) is 10.0 Å². The Morgan fingerprint density at radius 3 is 2.56 bits per heavy atom. The SMILES string of the molecule is [CH2]C(c1ccc(Cl)cc1Cl)N1CCOCC1. The lowest BCUT2D eigenvalue weighted by Gasteiger charge is -2.32. The van der Waals surface area contributed by atoms with Gasteiger partial charge < -0.3 is 4.74 Å². The Hall–Kier alpha value is -0.280. The van der Waals surface area contributed by atoms with Crippen LogP contribution in [0.3, 0.4) is 0 Å². The minimum atomic E-state index is 0.0636. The summed E-state index contributed by atoms with van der Waals surface area (Å²) in [5, 5.41) is 1.34. The predicted octanol–water partition coefficient (Wildman–Crippen LogP) is 3.20. The molecule has 1 unspecified atom stereocenters. The number of hydrogen-bond donors (Lipinski definition) is 0. The molecule has 1 heterocycles. The van der Waals surface area contributed by atoms with Gasteiger partial charge in [-0.3, -0.25) is 4.90 Å². The van der Waals surface area contributed by atoms with Gasteiger partial charge in [-0.1, -0.05) is 29.3 Å². The van der Waals surface area contributed by atoms with Gasteiger partial charge in [0.15, 0.2) is 0 Å². The van der Waals surface area contributed by atoms with E-state index in [1.165, 1.54) is 0 Å². The first-order valence-corrected chi connectivity index (χ1v) is 6.04.